The summed E-state index contributed by atoms with van der Waals surface area (Å²) in [4.78, 5) is 21.5. The molecule has 0 aliphatic rings. The van der Waals surface area contributed by atoms with Crippen LogP contribution in [0.5, 0.6) is 5.75 Å². The summed E-state index contributed by atoms with van der Waals surface area (Å²) in [7, 11) is 0. The number of rotatable bonds is 6. The van der Waals surface area contributed by atoms with Crippen molar-refractivity contribution in [3.8, 4) is 5.75 Å². The molecule has 1 unspecified atom stereocenters. The summed E-state index contributed by atoms with van der Waals surface area (Å²) in [5.41, 5.74) is 0.954. The summed E-state index contributed by atoms with van der Waals surface area (Å²) in [6.07, 6.45) is 0.216. The molecule has 5 nitrogen and oxygen atoms in total. The van der Waals surface area contributed by atoms with Gasteiger partial charge in [-0.2, -0.15) is 0 Å². The lowest BCUT2D eigenvalue weighted by atomic mass is 10.0. The number of hydrogen-bond donors (Lipinski definition) is 2. The van der Waals surface area contributed by atoms with E-state index in [9.17, 15) is 9.59 Å². The van der Waals surface area contributed by atoms with Gasteiger partial charge >= 0.3 is 11.9 Å². The molecule has 1 aromatic rings. The Balaban J connectivity index is 2.52. The van der Waals surface area contributed by atoms with Crippen LogP contribution in [0.25, 0.3) is 0 Å². The molecule has 0 saturated heterocycles. The number of benzene rings is 1. The lowest BCUT2D eigenvalue weighted by Crippen LogP contribution is -2.20. The molecule has 1 aromatic carbocycles. The predicted molar refractivity (Wildman–Crippen MR) is 64.2 cm³/mol. The Morgan fingerprint density at radius 3 is 2.39 bits per heavy atom. The van der Waals surface area contributed by atoms with Gasteiger partial charge in [-0.25, -0.2) is 0 Å². The molecular weight excluding hydrogens is 236 g/mol. The number of aromatic hydroxyl groups is 1. The Bertz CT molecular complexity index is 394. The first-order chi connectivity index (χ1) is 8.47. The summed E-state index contributed by atoms with van der Waals surface area (Å²) in [6.45, 7) is 1.26. The predicted octanol–water partition coefficient (Wildman–Crippen LogP) is 1.73. The van der Waals surface area contributed by atoms with E-state index >= 15 is 0 Å². The van der Waals surface area contributed by atoms with Crippen LogP contribution in [0.15, 0.2) is 24.3 Å². The SMILES string of the molecule is CC(=O)OC(CCc1ccc(O)cc1)CC(=O)O. The molecule has 0 aliphatic heterocycles. The topological polar surface area (TPSA) is 83.8 Å². The van der Waals surface area contributed by atoms with Crippen LogP contribution in [0.4, 0.5) is 0 Å². The minimum atomic E-state index is -0.994. The van der Waals surface area contributed by atoms with Crippen LogP contribution in [-0.4, -0.2) is 28.3 Å². The number of carbonyl (C=O) groups excluding carboxylic acids is 1. The number of phenols is 1. The van der Waals surface area contributed by atoms with Gasteiger partial charge in [0.25, 0.3) is 0 Å². The molecular formula is C13H16O5. The maximum absolute atomic E-state index is 10.8. The highest BCUT2D eigenvalue weighted by Crippen LogP contribution is 2.14. The number of carbonyl (C=O) groups is 2. The molecule has 0 bridgehead atoms. The summed E-state index contributed by atoms with van der Waals surface area (Å²) >= 11 is 0. The molecule has 0 fully saturated rings. The quantitative estimate of drug-likeness (QED) is 0.753. The fraction of sp³-hybridized carbons (Fsp3) is 0.385. The van der Waals surface area contributed by atoms with Crippen molar-refractivity contribution in [3.63, 3.8) is 0 Å². The van der Waals surface area contributed by atoms with Gasteiger partial charge in [-0.1, -0.05) is 12.1 Å². The monoisotopic (exact) mass is 252 g/mol. The number of carboxylic acids is 1. The number of aryl methyl sites for hydroxylation is 1. The van der Waals surface area contributed by atoms with Crippen LogP contribution in [0, 0.1) is 0 Å². The van der Waals surface area contributed by atoms with Crippen molar-refractivity contribution in [1.82, 2.24) is 0 Å². The van der Waals surface area contributed by atoms with Gasteiger partial charge in [0, 0.05) is 6.92 Å². The van der Waals surface area contributed by atoms with Gasteiger partial charge in [-0.15, -0.1) is 0 Å². The second-order valence-electron chi connectivity index (χ2n) is 4.03. The fourth-order valence-electron chi connectivity index (χ4n) is 1.62. The smallest absolute Gasteiger partial charge is 0.307 e. The molecule has 1 atom stereocenters. The highest BCUT2D eigenvalue weighted by Gasteiger charge is 2.16. The van der Waals surface area contributed by atoms with Crippen LogP contribution in [0.2, 0.25) is 0 Å². The zero-order chi connectivity index (χ0) is 13.5. The summed E-state index contributed by atoms with van der Waals surface area (Å²) < 4.78 is 4.94. The van der Waals surface area contributed by atoms with E-state index in [0.717, 1.165) is 5.56 Å². The van der Waals surface area contributed by atoms with Crippen molar-refractivity contribution in [2.24, 2.45) is 0 Å². The van der Waals surface area contributed by atoms with E-state index < -0.39 is 18.0 Å². The number of ether oxygens (including phenoxy) is 1. The van der Waals surface area contributed by atoms with Gasteiger partial charge in [0.15, 0.2) is 0 Å². The molecule has 0 heterocycles. The largest absolute Gasteiger partial charge is 0.508 e. The lowest BCUT2D eigenvalue weighted by Gasteiger charge is -2.14. The minimum absolute atomic E-state index is 0.181. The Morgan fingerprint density at radius 2 is 1.89 bits per heavy atom. The first-order valence-corrected chi connectivity index (χ1v) is 5.64. The zero-order valence-electron chi connectivity index (χ0n) is 10.1. The first-order valence-electron chi connectivity index (χ1n) is 5.64. The maximum Gasteiger partial charge on any atom is 0.307 e. The van der Waals surface area contributed by atoms with Gasteiger partial charge in [0.05, 0.1) is 6.42 Å². The van der Waals surface area contributed by atoms with Gasteiger partial charge in [-0.3, -0.25) is 9.59 Å². The van der Waals surface area contributed by atoms with Crippen molar-refractivity contribution in [2.75, 3.05) is 0 Å². The van der Waals surface area contributed by atoms with Gasteiger partial charge < -0.3 is 14.9 Å². The number of carboxylic acid groups (broad SMARTS) is 1. The van der Waals surface area contributed by atoms with Crippen molar-refractivity contribution in [1.29, 1.82) is 0 Å². The van der Waals surface area contributed by atoms with Crippen LogP contribution in [0.1, 0.15) is 25.3 Å². The second kappa shape index (κ2) is 6.64. The molecule has 0 aliphatic carbocycles. The van der Waals surface area contributed by atoms with E-state index in [0.29, 0.717) is 12.8 Å². The zero-order valence-corrected chi connectivity index (χ0v) is 10.1. The van der Waals surface area contributed by atoms with Crippen LogP contribution >= 0.6 is 0 Å². The van der Waals surface area contributed by atoms with Crippen LogP contribution in [-0.2, 0) is 20.7 Å². The highest BCUT2D eigenvalue weighted by molar-refractivity contribution is 5.69. The molecule has 98 valence electrons. The minimum Gasteiger partial charge on any atom is -0.508 e. The number of hydrogen-bond acceptors (Lipinski definition) is 4. The molecule has 5 heteroatoms. The van der Waals surface area contributed by atoms with Crippen molar-refractivity contribution in [2.45, 2.75) is 32.3 Å². The second-order valence-corrected chi connectivity index (χ2v) is 4.03. The Kier molecular flexibility index (Phi) is 5.17. The third-order valence-corrected chi connectivity index (χ3v) is 2.43. The summed E-state index contributed by atoms with van der Waals surface area (Å²) in [6, 6.07) is 6.63. The van der Waals surface area contributed by atoms with E-state index in [2.05, 4.69) is 0 Å². The molecule has 2 N–H and O–H groups in total. The first kappa shape index (κ1) is 14.0. The van der Waals surface area contributed by atoms with Crippen molar-refractivity contribution < 1.29 is 24.5 Å². The van der Waals surface area contributed by atoms with E-state index in [-0.39, 0.29) is 12.2 Å². The molecule has 0 radical (unpaired) electrons. The number of esters is 1. The summed E-state index contributed by atoms with van der Waals surface area (Å²) in [5.74, 6) is -1.29. The van der Waals surface area contributed by atoms with Crippen molar-refractivity contribution >= 4 is 11.9 Å². The van der Waals surface area contributed by atoms with E-state index in [1.165, 1.54) is 6.92 Å². The third-order valence-electron chi connectivity index (χ3n) is 2.43. The normalized spacial score (nSPS) is 11.8. The van der Waals surface area contributed by atoms with E-state index in [4.69, 9.17) is 14.9 Å². The van der Waals surface area contributed by atoms with Crippen molar-refractivity contribution in [3.05, 3.63) is 29.8 Å². The van der Waals surface area contributed by atoms with Crippen LogP contribution < -0.4 is 0 Å². The average Bonchev–Trinajstić information content (AvgIpc) is 2.26. The Morgan fingerprint density at radius 1 is 1.28 bits per heavy atom. The van der Waals surface area contributed by atoms with Gasteiger partial charge in [-0.05, 0) is 30.5 Å². The van der Waals surface area contributed by atoms with Gasteiger partial charge in [0.2, 0.25) is 0 Å². The number of phenolic OH excluding ortho intramolecular Hbond substituents is 1. The standard InChI is InChI=1S/C13H16O5/c1-9(14)18-12(8-13(16)17)7-4-10-2-5-11(15)6-3-10/h2-3,5-6,12,15H,4,7-8H2,1H3,(H,16,17). The third kappa shape index (κ3) is 5.34. The number of aliphatic carboxylic acids is 1. The van der Waals surface area contributed by atoms with E-state index in [1.807, 2.05) is 0 Å². The molecule has 0 spiro atoms. The van der Waals surface area contributed by atoms with E-state index in [1.54, 1.807) is 24.3 Å². The maximum atomic E-state index is 10.8. The molecule has 0 amide bonds. The lowest BCUT2D eigenvalue weighted by molar-refractivity contribution is -0.151. The molecule has 1 rings (SSSR count). The summed E-state index contributed by atoms with van der Waals surface area (Å²) in [5, 5.41) is 17.8. The van der Waals surface area contributed by atoms with Gasteiger partial charge in [0.1, 0.15) is 11.9 Å². The Labute approximate surface area is 105 Å². The molecule has 0 aromatic heterocycles. The Hall–Kier alpha value is -2.04. The average molecular weight is 252 g/mol. The fourth-order valence-corrected chi connectivity index (χ4v) is 1.62. The van der Waals surface area contributed by atoms with Crippen LogP contribution in [0.3, 0.4) is 0 Å². The molecule has 18 heavy (non-hydrogen) atoms. The highest BCUT2D eigenvalue weighted by atomic mass is 16.5. The molecule has 0 saturated carbocycles.